The van der Waals surface area contributed by atoms with Crippen LogP contribution in [0.1, 0.15) is 38.5 Å². The second-order valence-corrected chi connectivity index (χ2v) is 9.40. The first-order valence-corrected chi connectivity index (χ1v) is 9.61. The summed E-state index contributed by atoms with van der Waals surface area (Å²) < 4.78 is 96.8. The third-order valence-corrected chi connectivity index (χ3v) is 6.94. The van der Waals surface area contributed by atoms with Crippen molar-refractivity contribution in [1.82, 2.24) is 0 Å². The average Bonchev–Trinajstić information content (AvgIpc) is 2.41. The van der Waals surface area contributed by atoms with Crippen molar-refractivity contribution in [3.05, 3.63) is 0 Å². The van der Waals surface area contributed by atoms with Crippen molar-refractivity contribution in [2.75, 3.05) is 0 Å². The van der Waals surface area contributed by atoms with Crippen molar-refractivity contribution < 1.29 is 44.5 Å². The highest BCUT2D eigenvalue weighted by Gasteiger charge is 2.69. The number of carbonyl (C=O) groups excluding carboxylic acids is 2. The molecule has 0 radical (unpaired) electrons. The second-order valence-electron chi connectivity index (χ2n) is 7.90. The van der Waals surface area contributed by atoms with Gasteiger partial charge in [0, 0.05) is 5.41 Å². The van der Waals surface area contributed by atoms with Gasteiger partial charge in [0.25, 0.3) is 0 Å². The molecule has 4 rings (SSSR count). The Hall–Kier alpha value is -1.10. The van der Waals surface area contributed by atoms with Crippen molar-refractivity contribution in [2.24, 2.45) is 29.1 Å². The molecule has 0 aromatic carbocycles. The van der Waals surface area contributed by atoms with E-state index in [-0.39, 0.29) is 37.0 Å². The predicted octanol–water partition coefficient (Wildman–Crippen LogP) is 3.00. The van der Waals surface area contributed by atoms with E-state index in [1.165, 1.54) is 0 Å². The molecule has 0 aliphatic heterocycles. The highest BCUT2D eigenvalue weighted by molar-refractivity contribution is 7.86. The number of halogens is 5. The molecule has 4 aliphatic rings. The van der Waals surface area contributed by atoms with E-state index in [4.69, 9.17) is 4.55 Å². The van der Waals surface area contributed by atoms with E-state index in [2.05, 4.69) is 0 Å². The predicted molar refractivity (Wildman–Crippen MR) is 76.7 cm³/mol. The fourth-order valence-corrected chi connectivity index (χ4v) is 5.96. The van der Waals surface area contributed by atoms with Gasteiger partial charge in [0.05, 0.1) is 0 Å². The Bertz CT molecular complexity index is 707. The molecule has 0 heterocycles. The SMILES string of the molecule is O=C(C(=O)C12CC3CC(CC(C3)C1)C2)C(C(F)(F)F)C(F)(F)S(=O)(=O)O. The summed E-state index contributed by atoms with van der Waals surface area (Å²) in [6, 6.07) is 0. The van der Waals surface area contributed by atoms with Crippen LogP contribution >= 0.6 is 0 Å². The molecule has 148 valence electrons. The summed E-state index contributed by atoms with van der Waals surface area (Å²) in [6.07, 6.45) is -3.14. The standard InChI is InChI=1S/C15H17F5O5S/c16-14(17,18)11(15(19,20)26(23,24)25)10(21)12(22)13-4-7-1-8(5-13)3-9(2-7)6-13/h7-9,11H,1-6H2,(H,23,24,25). The molecule has 0 saturated heterocycles. The summed E-state index contributed by atoms with van der Waals surface area (Å²) >= 11 is 0. The first-order valence-electron chi connectivity index (χ1n) is 8.17. The Morgan fingerprint density at radius 3 is 1.62 bits per heavy atom. The summed E-state index contributed by atoms with van der Waals surface area (Å²) in [6.45, 7) is 0. The number of hydrogen-bond donors (Lipinski definition) is 1. The van der Waals surface area contributed by atoms with Crippen LogP contribution in [0.3, 0.4) is 0 Å². The van der Waals surface area contributed by atoms with Crippen LogP contribution in [-0.2, 0) is 19.7 Å². The molecule has 26 heavy (non-hydrogen) atoms. The zero-order valence-electron chi connectivity index (χ0n) is 13.4. The van der Waals surface area contributed by atoms with E-state index >= 15 is 0 Å². The molecular weight excluding hydrogens is 387 g/mol. The van der Waals surface area contributed by atoms with Crippen LogP contribution in [0.15, 0.2) is 0 Å². The van der Waals surface area contributed by atoms with Crippen LogP contribution in [0.25, 0.3) is 0 Å². The van der Waals surface area contributed by atoms with E-state index in [1.54, 1.807) is 0 Å². The lowest BCUT2D eigenvalue weighted by atomic mass is 9.48. The van der Waals surface area contributed by atoms with Gasteiger partial charge in [0.15, 0.2) is 0 Å². The average molecular weight is 404 g/mol. The Balaban J connectivity index is 1.97. The monoisotopic (exact) mass is 404 g/mol. The highest BCUT2D eigenvalue weighted by atomic mass is 32.2. The molecule has 4 fully saturated rings. The maximum absolute atomic E-state index is 13.7. The normalized spacial score (nSPS) is 35.4. The van der Waals surface area contributed by atoms with E-state index in [0.717, 1.165) is 19.3 Å². The largest absolute Gasteiger partial charge is 0.406 e. The van der Waals surface area contributed by atoms with Crippen molar-refractivity contribution in [3.8, 4) is 0 Å². The zero-order valence-corrected chi connectivity index (χ0v) is 14.2. The van der Waals surface area contributed by atoms with Crippen LogP contribution in [0.4, 0.5) is 22.0 Å². The number of Topliss-reactive ketones (excluding diaryl/α,β-unsaturated/α-hetero) is 2. The molecule has 1 unspecified atom stereocenters. The lowest BCUT2D eigenvalue weighted by molar-refractivity contribution is -0.217. The van der Waals surface area contributed by atoms with Gasteiger partial charge in [0.2, 0.25) is 17.5 Å². The molecule has 0 aromatic rings. The van der Waals surface area contributed by atoms with Gasteiger partial charge in [-0.3, -0.25) is 14.1 Å². The van der Waals surface area contributed by atoms with E-state index in [0.29, 0.717) is 0 Å². The first-order chi connectivity index (χ1) is 11.7. The second kappa shape index (κ2) is 5.70. The minimum atomic E-state index is -6.55. The van der Waals surface area contributed by atoms with Crippen molar-refractivity contribution >= 4 is 21.7 Å². The van der Waals surface area contributed by atoms with Crippen LogP contribution in [0.5, 0.6) is 0 Å². The molecule has 1 N–H and O–H groups in total. The third-order valence-electron chi connectivity index (χ3n) is 6.01. The topological polar surface area (TPSA) is 88.5 Å². The van der Waals surface area contributed by atoms with Crippen LogP contribution in [0.2, 0.25) is 0 Å². The lowest BCUT2D eigenvalue weighted by Crippen LogP contribution is -2.57. The van der Waals surface area contributed by atoms with E-state index in [1.807, 2.05) is 0 Å². The van der Waals surface area contributed by atoms with E-state index in [9.17, 15) is 40.0 Å². The van der Waals surface area contributed by atoms with Crippen molar-refractivity contribution in [1.29, 1.82) is 0 Å². The zero-order chi connectivity index (χ0) is 19.7. The smallest absolute Gasteiger partial charge is 0.290 e. The summed E-state index contributed by atoms with van der Waals surface area (Å²) in [5, 5.41) is -5.83. The summed E-state index contributed by atoms with van der Waals surface area (Å²) in [5.74, 6) is -8.30. The summed E-state index contributed by atoms with van der Waals surface area (Å²) in [5.41, 5.74) is -1.43. The lowest BCUT2D eigenvalue weighted by Gasteiger charge is -2.55. The number of carbonyl (C=O) groups is 2. The summed E-state index contributed by atoms with van der Waals surface area (Å²) in [7, 11) is -6.55. The fraction of sp³-hybridized carbons (Fsp3) is 0.867. The molecule has 4 bridgehead atoms. The van der Waals surface area contributed by atoms with Crippen molar-refractivity contribution in [3.63, 3.8) is 0 Å². The van der Waals surface area contributed by atoms with Gasteiger partial charge in [-0.05, 0) is 56.3 Å². The minimum Gasteiger partial charge on any atom is -0.290 e. The molecule has 4 aliphatic carbocycles. The molecule has 0 amide bonds. The van der Waals surface area contributed by atoms with Crippen LogP contribution < -0.4 is 0 Å². The molecule has 5 nitrogen and oxygen atoms in total. The number of ketones is 2. The van der Waals surface area contributed by atoms with Crippen LogP contribution in [-0.4, -0.2) is 36.0 Å². The van der Waals surface area contributed by atoms with E-state index < -0.39 is 44.4 Å². The molecule has 4 saturated carbocycles. The van der Waals surface area contributed by atoms with Crippen molar-refractivity contribution in [2.45, 2.75) is 50.0 Å². The number of alkyl halides is 5. The Morgan fingerprint density at radius 1 is 0.923 bits per heavy atom. The maximum Gasteiger partial charge on any atom is 0.406 e. The minimum absolute atomic E-state index is 0.0596. The fourth-order valence-electron chi connectivity index (χ4n) is 5.42. The maximum atomic E-state index is 13.7. The van der Waals surface area contributed by atoms with Gasteiger partial charge in [-0.15, -0.1) is 0 Å². The summed E-state index contributed by atoms with van der Waals surface area (Å²) in [4.78, 5) is 24.8. The highest BCUT2D eigenvalue weighted by Crippen LogP contribution is 2.61. The Kier molecular flexibility index (Phi) is 4.31. The molecular formula is C15H17F5O5S. The Labute approximate surface area is 146 Å². The molecule has 0 aromatic heterocycles. The molecule has 11 heteroatoms. The van der Waals surface area contributed by atoms with Crippen LogP contribution in [0, 0.1) is 29.1 Å². The number of hydrogen-bond acceptors (Lipinski definition) is 4. The van der Waals surface area contributed by atoms with Gasteiger partial charge in [-0.2, -0.15) is 30.4 Å². The Morgan fingerprint density at radius 2 is 1.31 bits per heavy atom. The molecule has 1 atom stereocenters. The van der Waals surface area contributed by atoms with Gasteiger partial charge in [0.1, 0.15) is 0 Å². The van der Waals surface area contributed by atoms with Gasteiger partial charge in [-0.25, -0.2) is 0 Å². The third kappa shape index (κ3) is 2.96. The van der Waals surface area contributed by atoms with Gasteiger partial charge < -0.3 is 0 Å². The van der Waals surface area contributed by atoms with Gasteiger partial charge in [-0.1, -0.05) is 0 Å². The number of rotatable bonds is 5. The first kappa shape index (κ1) is 19.7. The molecule has 0 spiro atoms. The quantitative estimate of drug-likeness (QED) is 0.432. The van der Waals surface area contributed by atoms with Gasteiger partial charge >= 0.3 is 21.5 Å².